The lowest BCUT2D eigenvalue weighted by molar-refractivity contribution is -0.136. The number of benzene rings is 3. The Labute approximate surface area is 295 Å². The number of allylic oxidation sites excluding steroid dienone is 1. The second kappa shape index (κ2) is 16.8. The Bertz CT molecular complexity index is 1690. The lowest BCUT2D eigenvalue weighted by Gasteiger charge is -2.28. The maximum Gasteiger partial charge on any atom is 0.337 e. The van der Waals surface area contributed by atoms with Gasteiger partial charge < -0.3 is 39.4 Å². The van der Waals surface area contributed by atoms with Gasteiger partial charge in [0, 0.05) is 21.3 Å². The monoisotopic (exact) mass is 798 g/mol. The fourth-order valence-electron chi connectivity index (χ4n) is 4.56. The van der Waals surface area contributed by atoms with Gasteiger partial charge in [0.2, 0.25) is 0 Å². The highest BCUT2D eigenvalue weighted by Gasteiger charge is 2.32. The van der Waals surface area contributed by atoms with E-state index in [1.165, 1.54) is 20.4 Å². The number of nitrogens with zero attached hydrogens (tertiary/aromatic N) is 1. The van der Waals surface area contributed by atoms with E-state index in [2.05, 4.69) is 43.8 Å². The molecule has 47 heavy (non-hydrogen) atoms. The lowest BCUT2D eigenvalue weighted by atomic mass is 9.95. The van der Waals surface area contributed by atoms with Crippen LogP contribution in [0.15, 0.2) is 64.9 Å². The van der Waals surface area contributed by atoms with Gasteiger partial charge in [-0.1, -0.05) is 35.3 Å². The van der Waals surface area contributed by atoms with E-state index in [0.717, 1.165) is 9.13 Å². The van der Waals surface area contributed by atoms with E-state index in [1.54, 1.807) is 49.4 Å². The molecule has 3 aromatic rings. The Morgan fingerprint density at radius 2 is 1.87 bits per heavy atom. The number of methoxy groups -OCH3 is 2. The molecule has 2 atom stereocenters. The first-order chi connectivity index (χ1) is 22.5. The van der Waals surface area contributed by atoms with E-state index >= 15 is 0 Å². The second-order valence-electron chi connectivity index (χ2n) is 9.97. The summed E-state index contributed by atoms with van der Waals surface area (Å²) in [5.74, 6) is 1.16. The molecule has 2 amide bonds. The minimum absolute atomic E-state index is 0.172. The molecule has 0 aliphatic carbocycles. The molecule has 0 aromatic heterocycles. The molecule has 1 aliphatic rings. The third-order valence-corrected chi connectivity index (χ3v) is 8.14. The number of esters is 1. The van der Waals surface area contributed by atoms with Crippen LogP contribution in [-0.4, -0.2) is 57.0 Å². The van der Waals surface area contributed by atoms with Crippen molar-refractivity contribution in [1.82, 2.24) is 16.1 Å². The van der Waals surface area contributed by atoms with Crippen LogP contribution in [-0.2, 0) is 16.1 Å². The lowest BCUT2D eigenvalue weighted by Crippen LogP contribution is -2.45. The highest BCUT2D eigenvalue weighted by Crippen LogP contribution is 2.36. The summed E-state index contributed by atoms with van der Waals surface area (Å²) in [6.07, 6.45) is 0.351. The Kier molecular flexibility index (Phi) is 12.8. The molecule has 12 nitrogen and oxygen atoms in total. The number of aliphatic hydroxyl groups is 1. The Balaban J connectivity index is 1.39. The van der Waals surface area contributed by atoms with Crippen molar-refractivity contribution in [1.29, 1.82) is 0 Å². The summed E-state index contributed by atoms with van der Waals surface area (Å²) in [4.78, 5) is 24.6. The zero-order valence-electron chi connectivity index (χ0n) is 25.9. The van der Waals surface area contributed by atoms with Crippen LogP contribution in [0.2, 0.25) is 10.0 Å². The predicted molar refractivity (Wildman–Crippen MR) is 185 cm³/mol. The number of rotatable bonds is 14. The number of aliphatic hydroxyl groups excluding tert-OH is 1. The molecule has 0 unspecified atom stereocenters. The molecular formula is C32H33Cl2IN4O8. The van der Waals surface area contributed by atoms with Gasteiger partial charge in [-0.05, 0) is 84.0 Å². The van der Waals surface area contributed by atoms with Gasteiger partial charge in [0.05, 0.1) is 42.2 Å². The number of hydrazone groups is 1. The van der Waals surface area contributed by atoms with E-state index in [9.17, 15) is 14.7 Å². The molecule has 15 heteroatoms. The summed E-state index contributed by atoms with van der Waals surface area (Å²) in [6.45, 7) is 3.80. The van der Waals surface area contributed by atoms with Crippen molar-refractivity contribution in [3.8, 4) is 23.0 Å². The van der Waals surface area contributed by atoms with E-state index in [-0.39, 0.29) is 18.8 Å². The van der Waals surface area contributed by atoms with E-state index in [4.69, 9.17) is 46.9 Å². The molecule has 0 saturated carbocycles. The maximum atomic E-state index is 12.5. The van der Waals surface area contributed by atoms with Crippen LogP contribution in [0.5, 0.6) is 23.0 Å². The first kappa shape index (κ1) is 35.9. The van der Waals surface area contributed by atoms with Crippen LogP contribution >= 0.6 is 45.8 Å². The first-order valence-corrected chi connectivity index (χ1v) is 16.0. The van der Waals surface area contributed by atoms with Gasteiger partial charge >= 0.3 is 12.0 Å². The van der Waals surface area contributed by atoms with E-state index in [1.807, 2.05) is 13.0 Å². The molecule has 4 N–H and O–H groups in total. The standard InChI is InChI=1S/C32H33Cl2IN4O8/c1-5-45-25-12-19(29-28(31(41)44-4)17(2)37-32(42)38-29)7-9-24(25)46-16-27(40)39-36-14-18-10-23(35)30(26(11-18)43-3)47-15-20-6-8-21(33)13-22(20)34/h6-14,27,29,39-40H,5,15-16H2,1-4H3,(H2,37,38,42)/b36-14-/t27-,29+/m0/s1. The second-order valence-corrected chi connectivity index (χ2v) is 12.0. The average molecular weight is 799 g/mol. The quantitative estimate of drug-likeness (QED) is 0.0530. The maximum absolute atomic E-state index is 12.5. The summed E-state index contributed by atoms with van der Waals surface area (Å²) in [5.41, 5.74) is 5.32. The van der Waals surface area contributed by atoms with Gasteiger partial charge in [0.25, 0.3) is 0 Å². The van der Waals surface area contributed by atoms with Crippen molar-refractivity contribution in [2.45, 2.75) is 32.7 Å². The molecule has 3 aromatic carbocycles. The average Bonchev–Trinajstić information content (AvgIpc) is 3.03. The number of amides is 2. The summed E-state index contributed by atoms with van der Waals surface area (Å²) in [6, 6.07) is 12.6. The summed E-state index contributed by atoms with van der Waals surface area (Å²) >= 11 is 14.4. The van der Waals surface area contributed by atoms with Gasteiger partial charge in [-0.3, -0.25) is 5.43 Å². The smallest absolute Gasteiger partial charge is 0.337 e. The zero-order valence-corrected chi connectivity index (χ0v) is 29.5. The molecule has 0 radical (unpaired) electrons. The Morgan fingerprint density at radius 3 is 2.57 bits per heavy atom. The van der Waals surface area contributed by atoms with Crippen molar-refractivity contribution in [2.75, 3.05) is 27.4 Å². The number of hydrogen-bond donors (Lipinski definition) is 4. The molecule has 4 rings (SSSR count). The minimum atomic E-state index is -1.17. The van der Waals surface area contributed by atoms with Crippen LogP contribution in [0.4, 0.5) is 4.79 Å². The van der Waals surface area contributed by atoms with Crippen LogP contribution in [0, 0.1) is 3.57 Å². The zero-order chi connectivity index (χ0) is 34.1. The third kappa shape index (κ3) is 9.34. The number of nitrogens with one attached hydrogen (secondary N) is 3. The normalized spacial score (nSPS) is 15.1. The van der Waals surface area contributed by atoms with E-state index < -0.39 is 24.3 Å². The van der Waals surface area contributed by atoms with Crippen LogP contribution in [0.1, 0.15) is 36.6 Å². The number of ether oxygens (including phenoxy) is 5. The van der Waals surface area contributed by atoms with Gasteiger partial charge in [-0.2, -0.15) is 5.10 Å². The van der Waals surface area contributed by atoms with Gasteiger partial charge in [-0.25, -0.2) is 9.59 Å². The van der Waals surface area contributed by atoms with E-state index in [0.29, 0.717) is 56.5 Å². The largest absolute Gasteiger partial charge is 0.493 e. The number of urea groups is 1. The topological polar surface area (TPSA) is 149 Å². The number of halogens is 3. The highest BCUT2D eigenvalue weighted by molar-refractivity contribution is 14.1. The molecule has 0 bridgehead atoms. The molecule has 0 spiro atoms. The molecule has 1 heterocycles. The summed E-state index contributed by atoms with van der Waals surface area (Å²) in [5, 5.41) is 21.0. The van der Waals surface area contributed by atoms with Crippen LogP contribution < -0.4 is 35.0 Å². The number of carbonyl (C=O) groups is 2. The number of hydrogen-bond acceptors (Lipinski definition) is 10. The molecule has 1 aliphatic heterocycles. The van der Waals surface area contributed by atoms with Crippen molar-refractivity contribution in [3.05, 3.63) is 90.1 Å². The molecular weight excluding hydrogens is 766 g/mol. The first-order valence-electron chi connectivity index (χ1n) is 14.2. The van der Waals surface area contributed by atoms with Crippen molar-refractivity contribution < 1.29 is 38.4 Å². The Hall–Kier alpha value is -3.92. The minimum Gasteiger partial charge on any atom is -0.493 e. The molecule has 250 valence electrons. The molecule has 0 saturated heterocycles. The van der Waals surface area contributed by atoms with Crippen molar-refractivity contribution in [2.24, 2.45) is 5.10 Å². The molecule has 0 fully saturated rings. The van der Waals surface area contributed by atoms with Crippen LogP contribution in [0.3, 0.4) is 0 Å². The predicted octanol–water partition coefficient (Wildman–Crippen LogP) is 5.71. The fraction of sp³-hybridized carbons (Fsp3) is 0.281. The van der Waals surface area contributed by atoms with Gasteiger partial charge in [0.1, 0.15) is 13.2 Å². The van der Waals surface area contributed by atoms with Crippen molar-refractivity contribution in [3.63, 3.8) is 0 Å². The SMILES string of the molecule is CCOc1cc([C@H]2NC(=O)NC(C)=C2C(=O)OC)ccc1OC[C@H](O)N/N=C\c1cc(I)c(OCc2ccc(Cl)cc2Cl)c(OC)c1. The highest BCUT2D eigenvalue weighted by atomic mass is 127. The van der Waals surface area contributed by atoms with Gasteiger partial charge in [0.15, 0.2) is 29.2 Å². The van der Waals surface area contributed by atoms with Crippen LogP contribution in [0.25, 0.3) is 0 Å². The summed E-state index contributed by atoms with van der Waals surface area (Å²) in [7, 11) is 2.81. The Morgan fingerprint density at radius 1 is 1.09 bits per heavy atom. The van der Waals surface area contributed by atoms with Crippen molar-refractivity contribution >= 4 is 64.0 Å². The fourth-order valence-corrected chi connectivity index (χ4v) is 5.81. The third-order valence-electron chi connectivity index (χ3n) is 6.75. The van der Waals surface area contributed by atoms with Gasteiger partial charge in [-0.15, -0.1) is 0 Å². The summed E-state index contributed by atoms with van der Waals surface area (Å²) < 4.78 is 28.8. The number of carbonyl (C=O) groups excluding carboxylic acids is 2.